The van der Waals surface area contributed by atoms with Crippen LogP contribution < -0.4 is 5.32 Å². The lowest BCUT2D eigenvalue weighted by Crippen LogP contribution is -2.41. The first kappa shape index (κ1) is 16.8. The fourth-order valence-corrected chi connectivity index (χ4v) is 1.63. The second kappa shape index (κ2) is 7.52. The molecule has 0 fully saturated rings. The van der Waals surface area contributed by atoms with E-state index in [1.807, 2.05) is 13.8 Å². The largest absolute Gasteiger partial charge is 0.467 e. The molecular weight excluding hydrogens is 280 g/mol. The number of methoxy groups -OCH3 is 1. The van der Waals surface area contributed by atoms with E-state index in [2.05, 4.69) is 10.1 Å². The lowest BCUT2D eigenvalue weighted by atomic mass is 10.1. The Balaban J connectivity index is 2.92. The van der Waals surface area contributed by atoms with Crippen molar-refractivity contribution < 1.29 is 23.1 Å². The van der Waals surface area contributed by atoms with E-state index in [0.717, 1.165) is 17.7 Å². The van der Waals surface area contributed by atoms with Crippen molar-refractivity contribution in [1.29, 1.82) is 0 Å². The Labute approximate surface area is 121 Å². The molecule has 114 valence electrons. The predicted molar refractivity (Wildman–Crippen MR) is 73.7 cm³/mol. The number of carbonyl (C=O) groups excluding carboxylic acids is 2. The number of amides is 1. The first-order valence-corrected chi connectivity index (χ1v) is 6.33. The van der Waals surface area contributed by atoms with Crippen molar-refractivity contribution >= 4 is 11.9 Å². The van der Waals surface area contributed by atoms with Gasteiger partial charge in [-0.2, -0.15) is 0 Å². The van der Waals surface area contributed by atoms with Crippen LogP contribution in [0.25, 0.3) is 0 Å². The zero-order valence-corrected chi connectivity index (χ0v) is 12.1. The highest BCUT2D eigenvalue weighted by Gasteiger charge is 2.23. The third-order valence-electron chi connectivity index (χ3n) is 2.75. The molecule has 0 saturated heterocycles. The fraction of sp³-hybridized carbons (Fsp3) is 0.333. The molecular formula is C15H17F2NO3. The molecule has 4 nitrogen and oxygen atoms in total. The van der Waals surface area contributed by atoms with Crippen molar-refractivity contribution in [3.8, 4) is 0 Å². The van der Waals surface area contributed by atoms with Gasteiger partial charge in [0, 0.05) is 0 Å². The lowest BCUT2D eigenvalue weighted by molar-refractivity contribution is -0.142. The van der Waals surface area contributed by atoms with Crippen molar-refractivity contribution in [3.05, 3.63) is 47.0 Å². The summed E-state index contributed by atoms with van der Waals surface area (Å²) >= 11 is 0. The molecule has 0 aliphatic rings. The van der Waals surface area contributed by atoms with Gasteiger partial charge in [0.25, 0.3) is 5.91 Å². The van der Waals surface area contributed by atoms with Crippen LogP contribution in [0.15, 0.2) is 29.8 Å². The van der Waals surface area contributed by atoms with Crippen molar-refractivity contribution in [2.45, 2.75) is 26.3 Å². The summed E-state index contributed by atoms with van der Waals surface area (Å²) in [4.78, 5) is 23.6. The number of halogens is 2. The van der Waals surface area contributed by atoms with Gasteiger partial charge in [0.1, 0.15) is 6.04 Å². The summed E-state index contributed by atoms with van der Waals surface area (Å²) in [5.41, 5.74) is 0.496. The quantitative estimate of drug-likeness (QED) is 0.671. The highest BCUT2D eigenvalue weighted by Crippen LogP contribution is 2.12. The van der Waals surface area contributed by atoms with Gasteiger partial charge < -0.3 is 10.1 Å². The van der Waals surface area contributed by atoms with E-state index in [0.29, 0.717) is 0 Å². The number of rotatable bonds is 5. The highest BCUT2D eigenvalue weighted by atomic mass is 19.2. The fourth-order valence-electron chi connectivity index (χ4n) is 1.63. The van der Waals surface area contributed by atoms with Gasteiger partial charge in [-0.25, -0.2) is 13.6 Å². The molecule has 0 radical (unpaired) electrons. The molecule has 0 unspecified atom stereocenters. The highest BCUT2D eigenvalue weighted by molar-refractivity contribution is 5.97. The molecule has 0 aromatic heterocycles. The topological polar surface area (TPSA) is 55.4 Å². The molecule has 0 saturated carbocycles. The minimum Gasteiger partial charge on any atom is -0.467 e. The monoisotopic (exact) mass is 297 g/mol. The first-order valence-electron chi connectivity index (χ1n) is 6.33. The molecule has 0 aliphatic heterocycles. The van der Waals surface area contributed by atoms with E-state index >= 15 is 0 Å². The molecule has 1 aromatic carbocycles. The van der Waals surface area contributed by atoms with Gasteiger partial charge in [-0.3, -0.25) is 4.79 Å². The van der Waals surface area contributed by atoms with Crippen molar-refractivity contribution in [2.75, 3.05) is 7.11 Å². The summed E-state index contributed by atoms with van der Waals surface area (Å²) < 4.78 is 31.2. The molecule has 1 amide bonds. The van der Waals surface area contributed by atoms with E-state index in [4.69, 9.17) is 0 Å². The smallest absolute Gasteiger partial charge is 0.328 e. The Morgan fingerprint density at radius 2 is 2.00 bits per heavy atom. The molecule has 1 rings (SSSR count). The third kappa shape index (κ3) is 4.66. The van der Waals surface area contributed by atoms with Crippen LogP contribution in [-0.4, -0.2) is 25.0 Å². The third-order valence-corrected chi connectivity index (χ3v) is 2.75. The van der Waals surface area contributed by atoms with Crippen molar-refractivity contribution in [2.24, 2.45) is 0 Å². The Hall–Kier alpha value is -2.24. The number of ether oxygens (including phenoxy) is 1. The van der Waals surface area contributed by atoms with Crippen LogP contribution in [0.2, 0.25) is 0 Å². The summed E-state index contributed by atoms with van der Waals surface area (Å²) in [7, 11) is 1.19. The molecule has 0 spiro atoms. The average Bonchev–Trinajstić information content (AvgIpc) is 2.45. The number of hydrogen-bond acceptors (Lipinski definition) is 3. The minimum absolute atomic E-state index is 0.206. The second-order valence-corrected chi connectivity index (χ2v) is 4.67. The van der Waals surface area contributed by atoms with Gasteiger partial charge in [0.05, 0.1) is 12.7 Å². The Bertz CT molecular complexity index is 566. The molecule has 6 heteroatoms. The van der Waals surface area contributed by atoms with Crippen LogP contribution in [0.5, 0.6) is 0 Å². The molecule has 0 bridgehead atoms. The molecule has 1 aromatic rings. The molecule has 21 heavy (non-hydrogen) atoms. The van der Waals surface area contributed by atoms with Crippen LogP contribution in [-0.2, 0) is 9.53 Å². The van der Waals surface area contributed by atoms with E-state index in [9.17, 15) is 18.4 Å². The zero-order chi connectivity index (χ0) is 16.0. The summed E-state index contributed by atoms with van der Waals surface area (Å²) in [5, 5.41) is 2.34. The van der Waals surface area contributed by atoms with Gasteiger partial charge in [-0.15, -0.1) is 0 Å². The minimum atomic E-state index is -1.25. The number of allylic oxidation sites excluding steroid dienone is 1. The summed E-state index contributed by atoms with van der Waals surface area (Å²) in [6.07, 6.45) is 1.95. The zero-order valence-electron chi connectivity index (χ0n) is 12.1. The number of nitrogens with one attached hydrogen (secondary N) is 1. The number of benzene rings is 1. The average molecular weight is 297 g/mol. The first-order chi connectivity index (χ1) is 9.86. The van der Waals surface area contributed by atoms with Gasteiger partial charge in [0.15, 0.2) is 11.6 Å². The number of hydrogen-bond donors (Lipinski definition) is 1. The van der Waals surface area contributed by atoms with E-state index < -0.39 is 35.1 Å². The normalized spacial score (nSPS) is 11.5. The summed E-state index contributed by atoms with van der Waals surface area (Å²) in [5.74, 6) is -3.90. The van der Waals surface area contributed by atoms with Crippen molar-refractivity contribution in [1.82, 2.24) is 5.32 Å². The SMILES string of the molecule is COC(=O)[C@@H](CC=C(C)C)NC(=O)c1cccc(F)c1F. The van der Waals surface area contributed by atoms with Crippen LogP contribution in [0.3, 0.4) is 0 Å². The van der Waals surface area contributed by atoms with Crippen molar-refractivity contribution in [3.63, 3.8) is 0 Å². The molecule has 0 aliphatic carbocycles. The van der Waals surface area contributed by atoms with Crippen LogP contribution in [0.1, 0.15) is 30.6 Å². The van der Waals surface area contributed by atoms with Crippen LogP contribution in [0, 0.1) is 11.6 Å². The van der Waals surface area contributed by atoms with E-state index in [1.54, 1.807) is 6.08 Å². The Kier molecular flexibility index (Phi) is 6.02. The summed E-state index contributed by atoms with van der Waals surface area (Å²) in [6, 6.07) is 2.31. The summed E-state index contributed by atoms with van der Waals surface area (Å²) in [6.45, 7) is 3.67. The maximum absolute atomic E-state index is 13.5. The maximum Gasteiger partial charge on any atom is 0.328 e. The van der Waals surface area contributed by atoms with E-state index in [1.165, 1.54) is 13.2 Å². The van der Waals surface area contributed by atoms with Gasteiger partial charge in [-0.1, -0.05) is 17.7 Å². The molecule has 1 atom stereocenters. The molecule has 1 N–H and O–H groups in total. The van der Waals surface area contributed by atoms with Crippen LogP contribution >= 0.6 is 0 Å². The Morgan fingerprint density at radius 3 is 2.57 bits per heavy atom. The number of carbonyl (C=O) groups is 2. The van der Waals surface area contributed by atoms with Gasteiger partial charge in [0.2, 0.25) is 0 Å². The molecule has 0 heterocycles. The predicted octanol–water partition coefficient (Wildman–Crippen LogP) is 2.59. The standard InChI is InChI=1S/C15H17F2NO3/c1-9(2)7-8-12(15(20)21-3)18-14(19)10-5-4-6-11(16)13(10)17/h4-7,12H,8H2,1-3H3,(H,18,19)/t12-/m1/s1. The lowest BCUT2D eigenvalue weighted by Gasteiger charge is -2.15. The Morgan fingerprint density at radius 1 is 1.33 bits per heavy atom. The van der Waals surface area contributed by atoms with Crippen LogP contribution in [0.4, 0.5) is 8.78 Å². The van der Waals surface area contributed by atoms with E-state index in [-0.39, 0.29) is 6.42 Å². The second-order valence-electron chi connectivity index (χ2n) is 4.67. The van der Waals surface area contributed by atoms with Gasteiger partial charge >= 0.3 is 5.97 Å². The van der Waals surface area contributed by atoms with Gasteiger partial charge in [-0.05, 0) is 32.4 Å². The number of esters is 1. The maximum atomic E-state index is 13.5.